The summed E-state index contributed by atoms with van der Waals surface area (Å²) in [6, 6.07) is 6.96. The molecule has 0 spiro atoms. The first-order chi connectivity index (χ1) is 13.0. The second kappa shape index (κ2) is 7.94. The number of hydrogen-bond acceptors (Lipinski definition) is 6. The van der Waals surface area contributed by atoms with Crippen molar-refractivity contribution in [2.24, 2.45) is 13.0 Å². The molecule has 2 aromatic heterocycles. The molecule has 0 fully saturated rings. The van der Waals surface area contributed by atoms with Crippen LogP contribution in [0.2, 0.25) is 0 Å². The molecule has 8 heteroatoms. The molecule has 1 amide bonds. The lowest BCUT2D eigenvalue weighted by Gasteiger charge is -2.21. The van der Waals surface area contributed by atoms with Crippen LogP contribution in [0.25, 0.3) is 11.3 Å². The maximum atomic E-state index is 12.9. The van der Waals surface area contributed by atoms with Crippen molar-refractivity contribution < 1.29 is 9.53 Å². The third kappa shape index (κ3) is 3.94. The van der Waals surface area contributed by atoms with Crippen LogP contribution in [0.4, 0.5) is 0 Å². The normalized spacial score (nSPS) is 12.0. The number of methoxy groups -OCH3 is 1. The zero-order chi connectivity index (χ0) is 19.4. The first-order valence-corrected chi connectivity index (χ1v) is 8.61. The van der Waals surface area contributed by atoms with Gasteiger partial charge in [-0.3, -0.25) is 9.48 Å². The van der Waals surface area contributed by atoms with Crippen LogP contribution in [0.15, 0.2) is 43.0 Å². The van der Waals surface area contributed by atoms with E-state index in [4.69, 9.17) is 4.74 Å². The number of ether oxygens (including phenoxy) is 1. The summed E-state index contributed by atoms with van der Waals surface area (Å²) >= 11 is 0. The summed E-state index contributed by atoms with van der Waals surface area (Å²) in [5, 5.41) is 7.15. The molecule has 0 aliphatic carbocycles. The fourth-order valence-corrected chi connectivity index (χ4v) is 2.82. The lowest BCUT2D eigenvalue weighted by molar-refractivity contribution is 0.0922. The monoisotopic (exact) mass is 366 g/mol. The molecule has 1 N–H and O–H groups in total. The minimum atomic E-state index is -0.250. The van der Waals surface area contributed by atoms with Gasteiger partial charge in [0.2, 0.25) is 5.88 Å². The van der Waals surface area contributed by atoms with Gasteiger partial charge in [-0.25, -0.2) is 15.0 Å². The highest BCUT2D eigenvalue weighted by Crippen LogP contribution is 2.26. The van der Waals surface area contributed by atoms with Gasteiger partial charge in [0.15, 0.2) is 0 Å². The number of benzene rings is 1. The second-order valence-electron chi connectivity index (χ2n) is 6.43. The number of carbonyl (C=O) groups excluding carboxylic acids is 1. The van der Waals surface area contributed by atoms with Gasteiger partial charge in [0.1, 0.15) is 17.8 Å². The first kappa shape index (κ1) is 18.5. The van der Waals surface area contributed by atoms with Gasteiger partial charge < -0.3 is 10.1 Å². The highest BCUT2D eigenvalue weighted by Gasteiger charge is 2.23. The Morgan fingerprint density at radius 2 is 1.96 bits per heavy atom. The number of amides is 1. The molecule has 0 saturated carbocycles. The highest BCUT2D eigenvalue weighted by molar-refractivity contribution is 5.95. The number of nitrogens with zero attached hydrogens (tertiary/aromatic N) is 5. The van der Waals surface area contributed by atoms with E-state index in [1.165, 1.54) is 13.4 Å². The van der Waals surface area contributed by atoms with Crippen molar-refractivity contribution in [1.29, 1.82) is 0 Å². The van der Waals surface area contributed by atoms with Crippen LogP contribution in [0, 0.1) is 5.92 Å². The van der Waals surface area contributed by atoms with E-state index in [1.807, 2.05) is 33.0 Å². The van der Waals surface area contributed by atoms with Gasteiger partial charge in [-0.15, -0.1) is 0 Å². The zero-order valence-corrected chi connectivity index (χ0v) is 15.7. The average Bonchev–Trinajstić information content (AvgIpc) is 3.11. The second-order valence-corrected chi connectivity index (χ2v) is 6.43. The summed E-state index contributed by atoms with van der Waals surface area (Å²) in [6.07, 6.45) is 4.64. The number of aromatic nitrogens is 5. The molecule has 27 heavy (non-hydrogen) atoms. The smallest absolute Gasteiger partial charge is 0.251 e. The van der Waals surface area contributed by atoms with E-state index in [1.54, 1.807) is 29.2 Å². The largest absolute Gasteiger partial charge is 0.479 e. The van der Waals surface area contributed by atoms with E-state index in [0.717, 1.165) is 5.56 Å². The summed E-state index contributed by atoms with van der Waals surface area (Å²) in [7, 11) is 3.35. The van der Waals surface area contributed by atoms with Crippen molar-refractivity contribution in [3.63, 3.8) is 0 Å². The van der Waals surface area contributed by atoms with Gasteiger partial charge in [0, 0.05) is 30.6 Å². The van der Waals surface area contributed by atoms with Crippen LogP contribution >= 0.6 is 0 Å². The minimum Gasteiger partial charge on any atom is -0.479 e. The topological polar surface area (TPSA) is 94.8 Å². The minimum absolute atomic E-state index is 0.153. The summed E-state index contributed by atoms with van der Waals surface area (Å²) in [5.41, 5.74) is 1.86. The summed E-state index contributed by atoms with van der Waals surface area (Å²) in [4.78, 5) is 25.6. The van der Waals surface area contributed by atoms with E-state index in [-0.39, 0.29) is 17.9 Å². The highest BCUT2D eigenvalue weighted by atomic mass is 16.5. The standard InChI is InChI=1S/C19H22N6O2/c1-12(2)15(17-22-11-23-25(17)3)24-18(26)14-7-5-6-13(10-14)16-19(27-4)21-9-8-20-16/h5-12,15H,1-4H3,(H,24,26)/t15-/m0/s1. The van der Waals surface area contributed by atoms with Crippen LogP contribution in [0.5, 0.6) is 5.88 Å². The number of rotatable bonds is 6. The van der Waals surface area contributed by atoms with E-state index in [2.05, 4.69) is 25.4 Å². The molecule has 2 heterocycles. The Morgan fingerprint density at radius 1 is 1.19 bits per heavy atom. The van der Waals surface area contributed by atoms with E-state index in [0.29, 0.717) is 23.0 Å². The molecular formula is C19H22N6O2. The molecule has 1 atom stereocenters. The third-order valence-electron chi connectivity index (χ3n) is 4.23. The Morgan fingerprint density at radius 3 is 2.63 bits per heavy atom. The number of carbonyl (C=O) groups is 1. The van der Waals surface area contributed by atoms with E-state index >= 15 is 0 Å². The Kier molecular flexibility index (Phi) is 5.44. The third-order valence-corrected chi connectivity index (χ3v) is 4.23. The maximum absolute atomic E-state index is 12.9. The summed E-state index contributed by atoms with van der Waals surface area (Å²) in [6.45, 7) is 4.06. The van der Waals surface area contributed by atoms with Crippen molar-refractivity contribution in [2.45, 2.75) is 19.9 Å². The van der Waals surface area contributed by atoms with Gasteiger partial charge in [-0.05, 0) is 18.1 Å². The molecule has 0 aliphatic rings. The molecular weight excluding hydrogens is 344 g/mol. The van der Waals surface area contributed by atoms with Gasteiger partial charge in [-0.2, -0.15) is 5.10 Å². The Hall–Kier alpha value is -3.29. The molecule has 0 aliphatic heterocycles. The van der Waals surface area contributed by atoms with Crippen LogP contribution in [0.1, 0.15) is 36.1 Å². The Bertz CT molecular complexity index is 937. The van der Waals surface area contributed by atoms with Crippen molar-refractivity contribution in [3.05, 3.63) is 54.4 Å². The van der Waals surface area contributed by atoms with Gasteiger partial charge in [0.05, 0.1) is 13.2 Å². The molecule has 0 bridgehead atoms. The van der Waals surface area contributed by atoms with Crippen LogP contribution in [0.3, 0.4) is 0 Å². The lowest BCUT2D eigenvalue weighted by Crippen LogP contribution is -2.33. The zero-order valence-electron chi connectivity index (χ0n) is 15.7. The molecule has 0 unspecified atom stereocenters. The van der Waals surface area contributed by atoms with E-state index < -0.39 is 0 Å². The van der Waals surface area contributed by atoms with Crippen molar-refractivity contribution in [1.82, 2.24) is 30.0 Å². The molecule has 0 saturated heterocycles. The maximum Gasteiger partial charge on any atom is 0.251 e. The van der Waals surface area contributed by atoms with Crippen LogP contribution in [-0.2, 0) is 7.05 Å². The quantitative estimate of drug-likeness (QED) is 0.720. The van der Waals surface area contributed by atoms with Crippen molar-refractivity contribution in [2.75, 3.05) is 7.11 Å². The molecule has 140 valence electrons. The predicted molar refractivity (Wildman–Crippen MR) is 100 cm³/mol. The summed E-state index contributed by atoms with van der Waals surface area (Å²) < 4.78 is 6.94. The molecule has 1 aromatic carbocycles. The van der Waals surface area contributed by atoms with Gasteiger partial charge in [0.25, 0.3) is 5.91 Å². The fraction of sp³-hybridized carbons (Fsp3) is 0.316. The van der Waals surface area contributed by atoms with Gasteiger partial charge >= 0.3 is 0 Å². The first-order valence-electron chi connectivity index (χ1n) is 8.61. The Labute approximate surface area is 157 Å². The molecule has 3 aromatic rings. The van der Waals surface area contributed by atoms with E-state index in [9.17, 15) is 4.79 Å². The number of hydrogen-bond donors (Lipinski definition) is 1. The number of nitrogens with one attached hydrogen (secondary N) is 1. The SMILES string of the molecule is COc1nccnc1-c1cccc(C(=O)N[C@H](c2ncnn2C)C(C)C)c1. The van der Waals surface area contributed by atoms with Crippen LogP contribution in [-0.4, -0.2) is 37.7 Å². The van der Waals surface area contributed by atoms with Crippen molar-refractivity contribution in [3.8, 4) is 17.1 Å². The van der Waals surface area contributed by atoms with Crippen molar-refractivity contribution >= 4 is 5.91 Å². The van der Waals surface area contributed by atoms with Gasteiger partial charge in [-0.1, -0.05) is 26.0 Å². The molecule has 3 rings (SSSR count). The molecule has 0 radical (unpaired) electrons. The Balaban J connectivity index is 1.88. The average molecular weight is 366 g/mol. The summed E-state index contributed by atoms with van der Waals surface area (Å²) in [5.74, 6) is 1.08. The molecule has 8 nitrogen and oxygen atoms in total. The number of aryl methyl sites for hydroxylation is 1. The van der Waals surface area contributed by atoms with Crippen LogP contribution < -0.4 is 10.1 Å². The lowest BCUT2D eigenvalue weighted by atomic mass is 10.0. The predicted octanol–water partition coefficient (Wildman–Crippen LogP) is 2.41. The fourth-order valence-electron chi connectivity index (χ4n) is 2.82.